The van der Waals surface area contributed by atoms with Crippen LogP contribution in [0, 0.1) is 0 Å². The molecule has 188 valence electrons. The van der Waals surface area contributed by atoms with Crippen LogP contribution in [0.1, 0.15) is 31.2 Å². The van der Waals surface area contributed by atoms with E-state index in [2.05, 4.69) is 5.43 Å². The summed E-state index contributed by atoms with van der Waals surface area (Å²) in [6, 6.07) is 17.6. The van der Waals surface area contributed by atoms with E-state index in [0.717, 1.165) is 27.9 Å². The predicted molar refractivity (Wildman–Crippen MR) is 136 cm³/mol. The van der Waals surface area contributed by atoms with Crippen molar-refractivity contribution >= 4 is 23.8 Å². The molecule has 0 amide bonds. The fourth-order valence-electron chi connectivity index (χ4n) is 4.62. The molecule has 3 aromatic rings. The van der Waals surface area contributed by atoms with Gasteiger partial charge in [-0.15, -0.1) is 0 Å². The van der Waals surface area contributed by atoms with E-state index in [0.29, 0.717) is 19.0 Å². The number of aliphatic hydroxyl groups is 2. The quantitative estimate of drug-likeness (QED) is 0.436. The number of hydrazine groups is 1. The number of fused-ring (bicyclic) bond motifs is 1. The highest BCUT2D eigenvalue weighted by atomic mass is 16.6. The van der Waals surface area contributed by atoms with Crippen LogP contribution in [0.4, 0.5) is 11.5 Å². The normalized spacial score (nSPS) is 22.9. The summed E-state index contributed by atoms with van der Waals surface area (Å²) in [5, 5.41) is 22.8. The predicted octanol–water partition coefficient (Wildman–Crippen LogP) is 3.40. The monoisotopic (exact) mass is 490 g/mol. The summed E-state index contributed by atoms with van der Waals surface area (Å²) in [4.78, 5) is 16.4. The Morgan fingerprint density at radius 1 is 1.14 bits per heavy atom. The molecule has 9 heteroatoms. The van der Waals surface area contributed by atoms with Gasteiger partial charge in [0.25, 0.3) is 0 Å². The van der Waals surface area contributed by atoms with Gasteiger partial charge in [0, 0.05) is 17.3 Å². The molecule has 0 aliphatic carbocycles. The summed E-state index contributed by atoms with van der Waals surface area (Å²) in [6.07, 6.45) is 0.625. The molecule has 0 spiro atoms. The molecule has 0 saturated carbocycles. The van der Waals surface area contributed by atoms with Crippen LogP contribution in [0.25, 0.3) is 11.1 Å². The van der Waals surface area contributed by atoms with Crippen LogP contribution in [0.15, 0.2) is 65.8 Å². The number of rotatable bonds is 7. The molecule has 36 heavy (non-hydrogen) atoms. The smallest absolute Gasteiger partial charge is 0.310 e. The molecule has 2 aliphatic heterocycles. The molecule has 0 bridgehead atoms. The maximum Gasteiger partial charge on any atom is 0.310 e. The summed E-state index contributed by atoms with van der Waals surface area (Å²) >= 11 is 0. The number of aliphatic imine (C=N–C) groups is 1. The minimum atomic E-state index is -1.06. The number of aromatic nitrogens is 1. The second-order valence-electron chi connectivity index (χ2n) is 8.99. The van der Waals surface area contributed by atoms with Crippen molar-refractivity contribution < 1.29 is 24.5 Å². The van der Waals surface area contributed by atoms with Gasteiger partial charge in [0.15, 0.2) is 6.23 Å². The topological polar surface area (TPSA) is 109 Å². The molecule has 5 rings (SSSR count). The van der Waals surface area contributed by atoms with Crippen molar-refractivity contribution in [3.8, 4) is 11.1 Å². The number of nitrogens with one attached hydrogen (secondary N) is 1. The van der Waals surface area contributed by atoms with E-state index < -0.39 is 24.5 Å². The highest BCUT2D eigenvalue weighted by Gasteiger charge is 2.42. The molecular formula is C27H30N4O5. The molecule has 2 aliphatic rings. The lowest BCUT2D eigenvalue weighted by atomic mass is 10.0. The van der Waals surface area contributed by atoms with E-state index >= 15 is 0 Å². The van der Waals surface area contributed by atoms with Crippen molar-refractivity contribution in [2.24, 2.45) is 4.99 Å². The van der Waals surface area contributed by atoms with Crippen molar-refractivity contribution in [1.29, 1.82) is 0 Å². The van der Waals surface area contributed by atoms with Gasteiger partial charge in [-0.05, 0) is 37.1 Å². The van der Waals surface area contributed by atoms with Crippen LogP contribution in [0.5, 0.6) is 0 Å². The average molecular weight is 491 g/mol. The van der Waals surface area contributed by atoms with Gasteiger partial charge in [0.05, 0.1) is 31.4 Å². The van der Waals surface area contributed by atoms with Crippen LogP contribution in [-0.2, 0) is 27.2 Å². The molecule has 0 unspecified atom stereocenters. The Labute approximate surface area is 209 Å². The number of hydrogen-bond acceptors (Lipinski definition) is 8. The summed E-state index contributed by atoms with van der Waals surface area (Å²) in [6.45, 7) is 4.42. The van der Waals surface area contributed by atoms with Crippen LogP contribution in [0.3, 0.4) is 0 Å². The fourth-order valence-corrected chi connectivity index (χ4v) is 4.62. The van der Waals surface area contributed by atoms with Crippen LogP contribution in [-0.4, -0.2) is 57.0 Å². The average Bonchev–Trinajstić information content (AvgIpc) is 3.38. The Morgan fingerprint density at radius 2 is 1.89 bits per heavy atom. The molecule has 1 fully saturated rings. The molecule has 1 aromatic heterocycles. The number of aliphatic hydroxyl groups excluding tert-OH is 2. The summed E-state index contributed by atoms with van der Waals surface area (Å²) in [5.74, 6) is 0.437. The maximum atomic E-state index is 11.7. The van der Waals surface area contributed by atoms with E-state index in [-0.39, 0.29) is 12.4 Å². The Hall–Kier alpha value is -3.66. The summed E-state index contributed by atoms with van der Waals surface area (Å²) < 4.78 is 12.7. The minimum Gasteiger partial charge on any atom is -0.466 e. The van der Waals surface area contributed by atoms with Crippen molar-refractivity contribution in [1.82, 2.24) is 9.58 Å². The molecule has 1 saturated heterocycles. The van der Waals surface area contributed by atoms with Crippen LogP contribution < -0.4 is 5.43 Å². The van der Waals surface area contributed by atoms with Gasteiger partial charge in [-0.25, -0.2) is 4.99 Å². The number of ether oxygens (including phenoxy) is 2. The van der Waals surface area contributed by atoms with Crippen LogP contribution in [0.2, 0.25) is 0 Å². The minimum absolute atomic E-state index is 0.235. The molecule has 4 atom stereocenters. The third kappa shape index (κ3) is 4.73. The van der Waals surface area contributed by atoms with E-state index in [9.17, 15) is 15.0 Å². The van der Waals surface area contributed by atoms with Crippen molar-refractivity contribution in [3.05, 3.63) is 71.9 Å². The molecule has 3 heterocycles. The standard InChI is InChI=1S/C27H30N4O5/c1-3-35-23(32)13-18-9-11-20(12-10-18)29-30-14-22-21(19-7-5-4-6-8-19)15-31(26(22)28-16-30)27-25(34)24(33)17(2)36-27/h4-12,15-17,24-25,27,29,33-34H,3,13-14H2,1-2H3/t17-,24-,25-,27-/m1/s1. The Kier molecular flexibility index (Phi) is 6.77. The first kappa shape index (κ1) is 24.1. The zero-order chi connectivity index (χ0) is 25.2. The zero-order valence-electron chi connectivity index (χ0n) is 20.2. The van der Waals surface area contributed by atoms with Crippen molar-refractivity contribution in [3.63, 3.8) is 0 Å². The number of carbonyl (C=O) groups is 1. The molecule has 9 nitrogen and oxygen atoms in total. The molecule has 2 aromatic carbocycles. The summed E-state index contributed by atoms with van der Waals surface area (Å²) in [7, 11) is 0. The lowest BCUT2D eigenvalue weighted by Crippen LogP contribution is -2.31. The van der Waals surface area contributed by atoms with Crippen molar-refractivity contribution in [2.75, 3.05) is 12.0 Å². The number of nitrogens with zero attached hydrogens (tertiary/aromatic N) is 3. The van der Waals surface area contributed by atoms with E-state index in [1.54, 1.807) is 20.2 Å². The van der Waals surface area contributed by atoms with Crippen molar-refractivity contribution in [2.45, 2.75) is 51.4 Å². The van der Waals surface area contributed by atoms with Gasteiger partial charge < -0.3 is 24.3 Å². The SMILES string of the molecule is CCOC(=O)Cc1ccc(NN2C=Nc3c(c(-c4ccccc4)cn3[C@@H]3O[C@H](C)[C@@H](O)[C@H]3O)C2)cc1. The Morgan fingerprint density at radius 3 is 2.56 bits per heavy atom. The molecule has 0 radical (unpaired) electrons. The van der Waals surface area contributed by atoms with Gasteiger partial charge in [-0.1, -0.05) is 42.5 Å². The number of carbonyl (C=O) groups excluding carboxylic acids is 1. The first-order valence-electron chi connectivity index (χ1n) is 12.1. The number of esters is 1. The number of hydrogen-bond donors (Lipinski definition) is 3. The highest BCUT2D eigenvalue weighted by Crippen LogP contribution is 2.41. The van der Waals surface area contributed by atoms with Crippen LogP contribution >= 0.6 is 0 Å². The second kappa shape index (κ2) is 10.1. The third-order valence-electron chi connectivity index (χ3n) is 6.47. The Balaban J connectivity index is 1.39. The zero-order valence-corrected chi connectivity index (χ0v) is 20.2. The lowest BCUT2D eigenvalue weighted by molar-refractivity contribution is -0.142. The van der Waals surface area contributed by atoms with E-state index in [1.807, 2.05) is 70.4 Å². The third-order valence-corrected chi connectivity index (χ3v) is 6.47. The lowest BCUT2D eigenvalue weighted by Gasteiger charge is -2.26. The Bertz CT molecular complexity index is 1240. The van der Waals surface area contributed by atoms with Gasteiger partial charge in [-0.3, -0.25) is 15.2 Å². The fraction of sp³-hybridized carbons (Fsp3) is 0.333. The molecule has 3 N–H and O–H groups in total. The van der Waals surface area contributed by atoms with Gasteiger partial charge in [0.2, 0.25) is 0 Å². The van der Waals surface area contributed by atoms with E-state index in [4.69, 9.17) is 14.5 Å². The van der Waals surface area contributed by atoms with Gasteiger partial charge in [0.1, 0.15) is 24.4 Å². The second-order valence-corrected chi connectivity index (χ2v) is 8.99. The first-order valence-corrected chi connectivity index (χ1v) is 12.1. The highest BCUT2D eigenvalue weighted by molar-refractivity contribution is 5.78. The van der Waals surface area contributed by atoms with Gasteiger partial charge in [-0.2, -0.15) is 0 Å². The summed E-state index contributed by atoms with van der Waals surface area (Å²) in [5.41, 5.74) is 8.05. The van der Waals surface area contributed by atoms with Gasteiger partial charge >= 0.3 is 5.97 Å². The van der Waals surface area contributed by atoms with E-state index in [1.165, 1.54) is 0 Å². The first-order chi connectivity index (χ1) is 17.4. The largest absolute Gasteiger partial charge is 0.466 e. The maximum absolute atomic E-state index is 11.7. The number of anilines is 1. The molecular weight excluding hydrogens is 460 g/mol. The number of benzene rings is 2.